The van der Waals surface area contributed by atoms with Gasteiger partial charge < -0.3 is 5.73 Å². The molecule has 0 fully saturated rings. The van der Waals surface area contributed by atoms with Crippen molar-refractivity contribution in [2.45, 2.75) is 20.8 Å². The fraction of sp³-hybridized carbons (Fsp3) is 0.300. The Labute approximate surface area is 77.6 Å². The van der Waals surface area contributed by atoms with Crippen LogP contribution in [0, 0.1) is 12.7 Å². The van der Waals surface area contributed by atoms with Crippen molar-refractivity contribution in [2.24, 2.45) is 5.73 Å². The molecule has 0 atom stereocenters. The number of carbonyl (C=O) groups excluding carboxylic acids is 1. The molecule has 3 heteroatoms. The third-order valence-electron chi connectivity index (χ3n) is 1.44. The van der Waals surface area contributed by atoms with Crippen LogP contribution in [0.2, 0.25) is 0 Å². The van der Waals surface area contributed by atoms with Crippen LogP contribution in [0.1, 0.15) is 29.8 Å². The average Bonchev–Trinajstić information content (AvgIpc) is 2.13. The van der Waals surface area contributed by atoms with Gasteiger partial charge in [0, 0.05) is 5.56 Å². The van der Waals surface area contributed by atoms with Crippen LogP contribution in [0.25, 0.3) is 0 Å². The molecule has 1 amide bonds. The zero-order chi connectivity index (χ0) is 10.4. The second kappa shape index (κ2) is 5.30. The molecule has 72 valence electrons. The molecule has 0 unspecified atom stereocenters. The molecular weight excluding hydrogens is 169 g/mol. The highest BCUT2D eigenvalue weighted by atomic mass is 19.1. The number of hydrogen-bond acceptors (Lipinski definition) is 1. The lowest BCUT2D eigenvalue weighted by molar-refractivity contribution is 0.1000. The number of carbonyl (C=O) groups is 1. The minimum absolute atomic E-state index is 0.324. The lowest BCUT2D eigenvalue weighted by Crippen LogP contribution is -2.11. The van der Waals surface area contributed by atoms with Gasteiger partial charge in [-0.3, -0.25) is 4.79 Å². The Bertz CT molecular complexity index is 297. The largest absolute Gasteiger partial charge is 0.366 e. The van der Waals surface area contributed by atoms with Gasteiger partial charge >= 0.3 is 0 Å². The number of rotatable bonds is 1. The number of primary amides is 1. The minimum Gasteiger partial charge on any atom is -0.366 e. The van der Waals surface area contributed by atoms with Crippen molar-refractivity contribution in [3.8, 4) is 0 Å². The second-order valence-corrected chi connectivity index (χ2v) is 2.33. The molecule has 1 aromatic rings. The van der Waals surface area contributed by atoms with E-state index in [-0.39, 0.29) is 5.82 Å². The van der Waals surface area contributed by atoms with E-state index < -0.39 is 5.91 Å². The molecule has 2 N–H and O–H groups in total. The molecule has 0 aliphatic rings. The summed E-state index contributed by atoms with van der Waals surface area (Å²) in [7, 11) is 0. The number of aryl methyl sites for hydroxylation is 1. The van der Waals surface area contributed by atoms with E-state index in [0.717, 1.165) is 0 Å². The number of nitrogens with two attached hydrogens (primary N) is 1. The Hall–Kier alpha value is -1.38. The van der Waals surface area contributed by atoms with Gasteiger partial charge in [0.05, 0.1) is 0 Å². The maximum Gasteiger partial charge on any atom is 0.248 e. The second-order valence-electron chi connectivity index (χ2n) is 2.33. The van der Waals surface area contributed by atoms with Crippen molar-refractivity contribution >= 4 is 5.91 Å². The van der Waals surface area contributed by atoms with Crippen molar-refractivity contribution in [1.82, 2.24) is 0 Å². The molecule has 1 aromatic carbocycles. The lowest BCUT2D eigenvalue weighted by Gasteiger charge is -1.97. The van der Waals surface area contributed by atoms with Gasteiger partial charge in [0.2, 0.25) is 5.91 Å². The maximum atomic E-state index is 12.6. The predicted octanol–water partition coefficient (Wildman–Crippen LogP) is 2.26. The van der Waals surface area contributed by atoms with Gasteiger partial charge in [0.15, 0.2) is 0 Å². The molecule has 0 saturated carbocycles. The maximum absolute atomic E-state index is 12.6. The summed E-state index contributed by atoms with van der Waals surface area (Å²) in [4.78, 5) is 10.6. The van der Waals surface area contributed by atoms with E-state index >= 15 is 0 Å². The first-order chi connectivity index (χ1) is 6.11. The standard InChI is InChI=1S/C8H8FNO.C2H6/c1-5-4-6(8(10)11)2-3-7(5)9;1-2/h2-4H,1H3,(H2,10,11);1-2H3. The Kier molecular flexibility index (Phi) is 4.74. The first-order valence-electron chi connectivity index (χ1n) is 4.17. The van der Waals surface area contributed by atoms with Crippen LogP contribution in [0.4, 0.5) is 4.39 Å². The van der Waals surface area contributed by atoms with E-state index in [9.17, 15) is 9.18 Å². The van der Waals surface area contributed by atoms with Crippen molar-refractivity contribution < 1.29 is 9.18 Å². The smallest absolute Gasteiger partial charge is 0.248 e. The molecule has 0 aliphatic heterocycles. The van der Waals surface area contributed by atoms with Crippen molar-refractivity contribution in [3.63, 3.8) is 0 Å². The summed E-state index contributed by atoms with van der Waals surface area (Å²) < 4.78 is 12.6. The molecule has 0 spiro atoms. The Morgan fingerprint density at radius 1 is 1.38 bits per heavy atom. The quantitative estimate of drug-likeness (QED) is 0.713. The van der Waals surface area contributed by atoms with Crippen molar-refractivity contribution in [2.75, 3.05) is 0 Å². The zero-order valence-electron chi connectivity index (χ0n) is 8.10. The molecule has 0 radical (unpaired) electrons. The van der Waals surface area contributed by atoms with E-state index in [4.69, 9.17) is 5.73 Å². The monoisotopic (exact) mass is 183 g/mol. The van der Waals surface area contributed by atoms with Crippen LogP contribution >= 0.6 is 0 Å². The summed E-state index contributed by atoms with van der Waals surface area (Å²) in [6.07, 6.45) is 0. The molecule has 0 heterocycles. The third kappa shape index (κ3) is 3.23. The predicted molar refractivity (Wildman–Crippen MR) is 51.0 cm³/mol. The topological polar surface area (TPSA) is 43.1 Å². The van der Waals surface area contributed by atoms with Crippen LogP contribution < -0.4 is 5.73 Å². The fourth-order valence-corrected chi connectivity index (χ4v) is 0.798. The first kappa shape index (κ1) is 11.6. The zero-order valence-corrected chi connectivity index (χ0v) is 8.10. The van der Waals surface area contributed by atoms with E-state index in [1.807, 2.05) is 13.8 Å². The van der Waals surface area contributed by atoms with Gasteiger partial charge in [-0.05, 0) is 30.7 Å². The van der Waals surface area contributed by atoms with E-state index in [1.165, 1.54) is 18.2 Å². The molecule has 13 heavy (non-hydrogen) atoms. The molecule has 0 bridgehead atoms. The van der Waals surface area contributed by atoms with Crippen LogP contribution in [0.3, 0.4) is 0 Å². The normalized spacial score (nSPS) is 8.62. The molecule has 0 saturated heterocycles. The van der Waals surface area contributed by atoms with Gasteiger partial charge in [0.1, 0.15) is 5.82 Å². The highest BCUT2D eigenvalue weighted by Crippen LogP contribution is 2.07. The van der Waals surface area contributed by atoms with Gasteiger partial charge in [-0.15, -0.1) is 0 Å². The number of benzene rings is 1. The molecular formula is C10H14FNO. The molecule has 2 nitrogen and oxygen atoms in total. The summed E-state index contributed by atoms with van der Waals surface area (Å²) in [6, 6.07) is 4.03. The van der Waals surface area contributed by atoms with E-state index in [1.54, 1.807) is 6.92 Å². The van der Waals surface area contributed by atoms with Crippen LogP contribution in [0.15, 0.2) is 18.2 Å². The SMILES string of the molecule is CC.Cc1cc(C(N)=O)ccc1F. The summed E-state index contributed by atoms with van der Waals surface area (Å²) in [5.74, 6) is -0.858. The summed E-state index contributed by atoms with van der Waals surface area (Å²) in [6.45, 7) is 5.59. The minimum atomic E-state index is -0.534. The highest BCUT2D eigenvalue weighted by molar-refractivity contribution is 5.92. The molecule has 0 aliphatic carbocycles. The summed E-state index contributed by atoms with van der Waals surface area (Å²) >= 11 is 0. The fourth-order valence-electron chi connectivity index (χ4n) is 0.798. The highest BCUT2D eigenvalue weighted by Gasteiger charge is 2.02. The molecule has 0 aromatic heterocycles. The Morgan fingerprint density at radius 2 is 1.92 bits per heavy atom. The third-order valence-corrected chi connectivity index (χ3v) is 1.44. The van der Waals surface area contributed by atoms with Crippen molar-refractivity contribution in [1.29, 1.82) is 0 Å². The van der Waals surface area contributed by atoms with Gasteiger partial charge in [-0.25, -0.2) is 4.39 Å². The number of hydrogen-bond donors (Lipinski definition) is 1. The van der Waals surface area contributed by atoms with E-state index in [2.05, 4.69) is 0 Å². The van der Waals surface area contributed by atoms with Gasteiger partial charge in [0.25, 0.3) is 0 Å². The van der Waals surface area contributed by atoms with Gasteiger partial charge in [-0.2, -0.15) is 0 Å². The van der Waals surface area contributed by atoms with Crippen LogP contribution in [0.5, 0.6) is 0 Å². The Morgan fingerprint density at radius 3 is 2.31 bits per heavy atom. The van der Waals surface area contributed by atoms with Crippen LogP contribution in [-0.4, -0.2) is 5.91 Å². The number of amides is 1. The average molecular weight is 183 g/mol. The first-order valence-corrected chi connectivity index (χ1v) is 4.17. The van der Waals surface area contributed by atoms with Gasteiger partial charge in [-0.1, -0.05) is 13.8 Å². The summed E-state index contributed by atoms with van der Waals surface area (Å²) in [5, 5.41) is 0. The van der Waals surface area contributed by atoms with E-state index in [0.29, 0.717) is 11.1 Å². The van der Waals surface area contributed by atoms with Crippen molar-refractivity contribution in [3.05, 3.63) is 35.1 Å². The summed E-state index contributed by atoms with van der Waals surface area (Å²) in [5.41, 5.74) is 5.74. The number of halogens is 1. The van der Waals surface area contributed by atoms with Crippen LogP contribution in [-0.2, 0) is 0 Å². The Balaban J connectivity index is 0.000000671. The lowest BCUT2D eigenvalue weighted by atomic mass is 10.1. The molecule has 1 rings (SSSR count).